The summed E-state index contributed by atoms with van der Waals surface area (Å²) in [6.07, 6.45) is 5.34. The summed E-state index contributed by atoms with van der Waals surface area (Å²) in [7, 11) is 0. The Bertz CT molecular complexity index is 229. The van der Waals surface area contributed by atoms with Gasteiger partial charge in [-0.1, -0.05) is 6.08 Å². The van der Waals surface area contributed by atoms with Crippen LogP contribution < -0.4 is 5.32 Å². The van der Waals surface area contributed by atoms with Crippen molar-refractivity contribution < 1.29 is 4.79 Å². The number of hydrogen-bond acceptors (Lipinski definition) is 2. The van der Waals surface area contributed by atoms with Gasteiger partial charge in [-0.15, -0.1) is 0 Å². The zero-order valence-electron chi connectivity index (χ0n) is 7.88. The molecule has 0 unspecified atom stereocenters. The van der Waals surface area contributed by atoms with Gasteiger partial charge in [0.2, 0.25) is 5.91 Å². The number of hydrogen-bond donors (Lipinski definition) is 1. The van der Waals surface area contributed by atoms with E-state index in [1.165, 1.54) is 0 Å². The van der Waals surface area contributed by atoms with Gasteiger partial charge in [0.15, 0.2) is 0 Å². The minimum absolute atomic E-state index is 0.277. The Labute approximate surface area is 78.8 Å². The molecular formula is C10H16N2O. The molecule has 0 aromatic carbocycles. The van der Waals surface area contributed by atoms with Crippen LogP contribution in [0.5, 0.6) is 0 Å². The van der Waals surface area contributed by atoms with Crippen molar-refractivity contribution in [3.8, 4) is 0 Å². The Morgan fingerprint density at radius 3 is 2.77 bits per heavy atom. The van der Waals surface area contributed by atoms with Crippen molar-refractivity contribution in [3.63, 3.8) is 0 Å². The second-order valence-corrected chi connectivity index (χ2v) is 3.66. The minimum atomic E-state index is 0.277. The predicted molar refractivity (Wildman–Crippen MR) is 51.4 cm³/mol. The maximum absolute atomic E-state index is 11.8. The summed E-state index contributed by atoms with van der Waals surface area (Å²) in [6, 6.07) is 0. The van der Waals surface area contributed by atoms with Gasteiger partial charge in [-0.2, -0.15) is 0 Å². The maximum atomic E-state index is 11.8. The topological polar surface area (TPSA) is 32.3 Å². The molecule has 0 saturated carbocycles. The van der Waals surface area contributed by atoms with E-state index < -0.39 is 0 Å². The average Bonchev–Trinajstić information content (AvgIpc) is 2.71. The lowest BCUT2D eigenvalue weighted by atomic mass is 10.2. The molecule has 13 heavy (non-hydrogen) atoms. The summed E-state index contributed by atoms with van der Waals surface area (Å²) in [5.74, 6) is 0.277. The molecule has 0 aromatic rings. The molecule has 0 aromatic heterocycles. The van der Waals surface area contributed by atoms with Crippen molar-refractivity contribution in [2.75, 3.05) is 26.2 Å². The third-order valence-corrected chi connectivity index (χ3v) is 2.72. The second kappa shape index (κ2) is 3.92. The van der Waals surface area contributed by atoms with E-state index in [1.54, 1.807) is 0 Å². The highest BCUT2D eigenvalue weighted by Crippen LogP contribution is 2.19. The number of nitrogens with zero attached hydrogens (tertiary/aromatic N) is 1. The van der Waals surface area contributed by atoms with Gasteiger partial charge in [0.05, 0.1) is 0 Å². The quantitative estimate of drug-likeness (QED) is 0.638. The first-order valence-electron chi connectivity index (χ1n) is 5.07. The molecule has 1 N–H and O–H groups in total. The number of nitrogens with one attached hydrogen (secondary N) is 1. The van der Waals surface area contributed by atoms with Crippen LogP contribution in [-0.2, 0) is 4.79 Å². The maximum Gasteiger partial charge on any atom is 0.249 e. The lowest BCUT2D eigenvalue weighted by molar-refractivity contribution is -0.127. The lowest BCUT2D eigenvalue weighted by Gasteiger charge is -2.27. The van der Waals surface area contributed by atoms with Crippen molar-refractivity contribution in [2.24, 2.45) is 0 Å². The molecule has 0 bridgehead atoms. The SMILES string of the molecule is O=C(C1=CCCC1)N1CCNCC1. The Kier molecular flexibility index (Phi) is 2.64. The normalized spacial score (nSPS) is 23.1. The van der Waals surface area contributed by atoms with Gasteiger partial charge >= 0.3 is 0 Å². The van der Waals surface area contributed by atoms with Crippen molar-refractivity contribution >= 4 is 5.91 Å². The molecule has 0 spiro atoms. The first-order valence-corrected chi connectivity index (χ1v) is 5.07. The third kappa shape index (κ3) is 1.91. The number of amides is 1. The molecule has 1 saturated heterocycles. The van der Waals surface area contributed by atoms with Crippen LogP contribution in [-0.4, -0.2) is 37.0 Å². The molecule has 1 aliphatic heterocycles. The third-order valence-electron chi connectivity index (χ3n) is 2.72. The van der Waals surface area contributed by atoms with Crippen LogP contribution in [0, 0.1) is 0 Å². The molecule has 1 aliphatic carbocycles. The van der Waals surface area contributed by atoms with Crippen LogP contribution >= 0.6 is 0 Å². The average molecular weight is 180 g/mol. The molecule has 3 nitrogen and oxygen atoms in total. The predicted octanol–water partition coefficient (Wildman–Crippen LogP) is 0.528. The van der Waals surface area contributed by atoms with Crippen LogP contribution in [0.15, 0.2) is 11.6 Å². The van der Waals surface area contributed by atoms with Crippen molar-refractivity contribution in [2.45, 2.75) is 19.3 Å². The highest BCUT2D eigenvalue weighted by atomic mass is 16.2. The van der Waals surface area contributed by atoms with E-state index in [9.17, 15) is 4.79 Å². The minimum Gasteiger partial charge on any atom is -0.336 e. The van der Waals surface area contributed by atoms with Gasteiger partial charge in [-0.3, -0.25) is 4.79 Å². The molecule has 72 valence electrons. The molecule has 1 amide bonds. The van der Waals surface area contributed by atoms with E-state index in [2.05, 4.69) is 11.4 Å². The molecule has 1 fully saturated rings. The number of carbonyl (C=O) groups is 1. The summed E-state index contributed by atoms with van der Waals surface area (Å²) in [4.78, 5) is 13.8. The summed E-state index contributed by atoms with van der Waals surface area (Å²) in [5.41, 5.74) is 1.04. The zero-order chi connectivity index (χ0) is 9.10. The van der Waals surface area contributed by atoms with E-state index in [1.807, 2.05) is 4.90 Å². The fourth-order valence-electron chi connectivity index (χ4n) is 1.94. The fraction of sp³-hybridized carbons (Fsp3) is 0.700. The van der Waals surface area contributed by atoms with Crippen LogP contribution in [0.3, 0.4) is 0 Å². The number of rotatable bonds is 1. The summed E-state index contributed by atoms with van der Waals surface area (Å²) in [5, 5.41) is 3.25. The van der Waals surface area contributed by atoms with Crippen LogP contribution in [0.25, 0.3) is 0 Å². The van der Waals surface area contributed by atoms with Gasteiger partial charge in [-0.05, 0) is 19.3 Å². The van der Waals surface area contributed by atoms with Gasteiger partial charge in [-0.25, -0.2) is 0 Å². The first-order chi connectivity index (χ1) is 6.38. The van der Waals surface area contributed by atoms with E-state index >= 15 is 0 Å². The van der Waals surface area contributed by atoms with Gasteiger partial charge in [0.25, 0.3) is 0 Å². The van der Waals surface area contributed by atoms with Crippen LogP contribution in [0.4, 0.5) is 0 Å². The summed E-state index contributed by atoms with van der Waals surface area (Å²) < 4.78 is 0. The zero-order valence-corrected chi connectivity index (χ0v) is 7.88. The van der Waals surface area contributed by atoms with E-state index in [0.29, 0.717) is 0 Å². The van der Waals surface area contributed by atoms with Crippen LogP contribution in [0.2, 0.25) is 0 Å². The molecule has 2 rings (SSSR count). The highest BCUT2D eigenvalue weighted by molar-refractivity contribution is 5.93. The standard InChI is InChI=1S/C10H16N2O/c13-10(9-3-1-2-4-9)12-7-5-11-6-8-12/h3,11H,1-2,4-8H2. The van der Waals surface area contributed by atoms with E-state index in [0.717, 1.165) is 51.0 Å². The Balaban J connectivity index is 1.94. The highest BCUT2D eigenvalue weighted by Gasteiger charge is 2.21. The first kappa shape index (κ1) is 8.75. The largest absolute Gasteiger partial charge is 0.336 e. The second-order valence-electron chi connectivity index (χ2n) is 3.66. The number of allylic oxidation sites excluding steroid dienone is 1. The monoisotopic (exact) mass is 180 g/mol. The molecule has 0 radical (unpaired) electrons. The van der Waals surface area contributed by atoms with Gasteiger partial charge in [0, 0.05) is 31.8 Å². The number of carbonyl (C=O) groups excluding carboxylic acids is 1. The Hall–Kier alpha value is -0.830. The van der Waals surface area contributed by atoms with Crippen molar-refractivity contribution in [3.05, 3.63) is 11.6 Å². The number of piperazine rings is 1. The molecule has 2 aliphatic rings. The van der Waals surface area contributed by atoms with E-state index in [-0.39, 0.29) is 5.91 Å². The smallest absolute Gasteiger partial charge is 0.249 e. The van der Waals surface area contributed by atoms with Gasteiger partial charge < -0.3 is 10.2 Å². The molecular weight excluding hydrogens is 164 g/mol. The van der Waals surface area contributed by atoms with Crippen molar-refractivity contribution in [1.29, 1.82) is 0 Å². The summed E-state index contributed by atoms with van der Waals surface area (Å²) in [6.45, 7) is 3.63. The van der Waals surface area contributed by atoms with E-state index in [4.69, 9.17) is 0 Å². The van der Waals surface area contributed by atoms with Crippen molar-refractivity contribution in [1.82, 2.24) is 10.2 Å². The molecule has 3 heteroatoms. The molecule has 0 atom stereocenters. The fourth-order valence-corrected chi connectivity index (χ4v) is 1.94. The molecule has 1 heterocycles. The van der Waals surface area contributed by atoms with Crippen LogP contribution in [0.1, 0.15) is 19.3 Å². The lowest BCUT2D eigenvalue weighted by Crippen LogP contribution is -2.46. The van der Waals surface area contributed by atoms with Gasteiger partial charge in [0.1, 0.15) is 0 Å². The summed E-state index contributed by atoms with van der Waals surface area (Å²) >= 11 is 0. The Morgan fingerprint density at radius 1 is 1.38 bits per heavy atom. The Morgan fingerprint density at radius 2 is 2.15 bits per heavy atom.